The molecular formula is C12H10ClFN2O2. The molecule has 0 amide bonds. The Morgan fingerprint density at radius 2 is 2.17 bits per heavy atom. The molecule has 1 aromatic heterocycles. The quantitative estimate of drug-likeness (QED) is 0.911. The topological polar surface area (TPSA) is 55.1 Å². The van der Waals surface area contributed by atoms with E-state index in [2.05, 4.69) is 5.10 Å². The van der Waals surface area contributed by atoms with Gasteiger partial charge in [0, 0.05) is 17.6 Å². The molecule has 2 rings (SSSR count). The zero-order chi connectivity index (χ0) is 13.4. The fraction of sp³-hybridized carbons (Fsp3) is 0.167. The van der Waals surface area contributed by atoms with Gasteiger partial charge in [-0.3, -0.25) is 4.68 Å². The van der Waals surface area contributed by atoms with Crippen LogP contribution in [0.2, 0.25) is 5.02 Å². The van der Waals surface area contributed by atoms with Crippen molar-refractivity contribution >= 4 is 17.6 Å². The maximum atomic E-state index is 13.8. The third kappa shape index (κ3) is 1.97. The molecule has 0 saturated heterocycles. The number of aromatic nitrogens is 2. The normalized spacial score (nSPS) is 10.7. The summed E-state index contributed by atoms with van der Waals surface area (Å²) in [5, 5.41) is 13.5. The highest BCUT2D eigenvalue weighted by Crippen LogP contribution is 2.30. The Morgan fingerprint density at radius 1 is 1.50 bits per heavy atom. The lowest BCUT2D eigenvalue weighted by atomic mass is 10.1. The molecule has 1 heterocycles. The zero-order valence-electron chi connectivity index (χ0n) is 9.74. The Balaban J connectivity index is 2.78. The Hall–Kier alpha value is -1.88. The molecule has 1 aromatic carbocycles. The Morgan fingerprint density at radius 3 is 2.78 bits per heavy atom. The highest BCUT2D eigenvalue weighted by molar-refractivity contribution is 6.30. The van der Waals surface area contributed by atoms with Crippen LogP contribution in [0.1, 0.15) is 16.1 Å². The van der Waals surface area contributed by atoms with Crippen molar-refractivity contribution in [3.8, 4) is 11.3 Å². The van der Waals surface area contributed by atoms with Crippen LogP contribution in [0.5, 0.6) is 0 Å². The third-order valence-electron chi connectivity index (χ3n) is 2.62. The molecule has 0 aliphatic carbocycles. The van der Waals surface area contributed by atoms with Crippen LogP contribution >= 0.6 is 11.6 Å². The van der Waals surface area contributed by atoms with Crippen molar-refractivity contribution in [1.82, 2.24) is 9.78 Å². The van der Waals surface area contributed by atoms with Crippen LogP contribution in [-0.2, 0) is 7.05 Å². The molecule has 0 aliphatic rings. The summed E-state index contributed by atoms with van der Waals surface area (Å²) in [6, 6.07) is 4.00. The zero-order valence-corrected chi connectivity index (χ0v) is 10.5. The third-order valence-corrected chi connectivity index (χ3v) is 2.85. The molecule has 0 fully saturated rings. The van der Waals surface area contributed by atoms with Crippen LogP contribution in [0.15, 0.2) is 18.2 Å². The fourth-order valence-corrected chi connectivity index (χ4v) is 2.07. The molecule has 18 heavy (non-hydrogen) atoms. The van der Waals surface area contributed by atoms with E-state index < -0.39 is 11.8 Å². The fourth-order valence-electron chi connectivity index (χ4n) is 1.90. The number of hydrogen-bond acceptors (Lipinski definition) is 2. The van der Waals surface area contributed by atoms with Crippen LogP contribution in [0.25, 0.3) is 11.3 Å². The lowest BCUT2D eigenvalue weighted by molar-refractivity contribution is 0.0697. The summed E-state index contributed by atoms with van der Waals surface area (Å²) in [6.07, 6.45) is 0. The molecule has 0 spiro atoms. The second-order valence-electron chi connectivity index (χ2n) is 3.86. The lowest BCUT2D eigenvalue weighted by Gasteiger charge is -2.06. The second kappa shape index (κ2) is 4.42. The monoisotopic (exact) mass is 268 g/mol. The van der Waals surface area contributed by atoms with Gasteiger partial charge in [0.15, 0.2) is 0 Å². The van der Waals surface area contributed by atoms with Crippen LogP contribution in [0, 0.1) is 12.7 Å². The maximum absolute atomic E-state index is 13.8. The molecule has 94 valence electrons. The molecule has 1 N–H and O–H groups in total. The van der Waals surface area contributed by atoms with E-state index in [-0.39, 0.29) is 16.8 Å². The standard InChI is InChI=1S/C12H10ClFN2O2/c1-6-10(12(17)18)11(16(2)15-6)8-5-7(13)3-4-9(8)14/h3-5H,1-2H3,(H,17,18). The maximum Gasteiger partial charge on any atom is 0.339 e. The molecule has 0 atom stereocenters. The number of rotatable bonds is 2. The average molecular weight is 269 g/mol. The summed E-state index contributed by atoms with van der Waals surface area (Å²) in [6.45, 7) is 1.56. The highest BCUT2D eigenvalue weighted by atomic mass is 35.5. The molecule has 0 unspecified atom stereocenters. The number of carbonyl (C=O) groups is 1. The Bertz CT molecular complexity index is 637. The Labute approximate surface area is 108 Å². The van der Waals surface area contributed by atoms with E-state index in [4.69, 9.17) is 11.6 Å². The van der Waals surface area contributed by atoms with Gasteiger partial charge in [-0.05, 0) is 25.1 Å². The lowest BCUT2D eigenvalue weighted by Crippen LogP contribution is -2.02. The number of benzene rings is 1. The SMILES string of the molecule is Cc1nn(C)c(-c2cc(Cl)ccc2F)c1C(=O)O. The van der Waals surface area contributed by atoms with Crippen molar-refractivity contribution in [1.29, 1.82) is 0 Å². The van der Waals surface area contributed by atoms with E-state index in [9.17, 15) is 14.3 Å². The minimum atomic E-state index is -1.14. The van der Waals surface area contributed by atoms with Crippen molar-refractivity contribution in [3.05, 3.63) is 40.3 Å². The first-order valence-corrected chi connectivity index (χ1v) is 5.52. The number of carboxylic acid groups (broad SMARTS) is 1. The van der Waals surface area contributed by atoms with Crippen molar-refractivity contribution in [2.24, 2.45) is 7.05 Å². The summed E-state index contributed by atoms with van der Waals surface area (Å²) in [7, 11) is 1.56. The minimum Gasteiger partial charge on any atom is -0.478 e. The van der Waals surface area contributed by atoms with Gasteiger partial charge in [-0.2, -0.15) is 5.10 Å². The van der Waals surface area contributed by atoms with Crippen molar-refractivity contribution in [2.45, 2.75) is 6.92 Å². The van der Waals surface area contributed by atoms with Crippen molar-refractivity contribution in [2.75, 3.05) is 0 Å². The summed E-state index contributed by atoms with van der Waals surface area (Å²) >= 11 is 5.81. The van der Waals surface area contributed by atoms with Gasteiger partial charge in [0.2, 0.25) is 0 Å². The first-order chi connectivity index (χ1) is 8.41. The van der Waals surface area contributed by atoms with Gasteiger partial charge >= 0.3 is 5.97 Å². The number of carboxylic acids is 1. The van der Waals surface area contributed by atoms with E-state index in [0.29, 0.717) is 10.7 Å². The molecule has 0 saturated carbocycles. The molecule has 2 aromatic rings. The first-order valence-electron chi connectivity index (χ1n) is 5.14. The largest absolute Gasteiger partial charge is 0.478 e. The van der Waals surface area contributed by atoms with Gasteiger partial charge in [-0.15, -0.1) is 0 Å². The van der Waals surface area contributed by atoms with E-state index in [0.717, 1.165) is 0 Å². The van der Waals surface area contributed by atoms with Crippen molar-refractivity contribution < 1.29 is 14.3 Å². The molecule has 0 bridgehead atoms. The molecule has 0 aliphatic heterocycles. The van der Waals surface area contributed by atoms with Gasteiger partial charge in [0.05, 0.1) is 11.4 Å². The number of nitrogens with zero attached hydrogens (tertiary/aromatic N) is 2. The molecular weight excluding hydrogens is 259 g/mol. The number of aromatic carboxylic acids is 1. The van der Waals surface area contributed by atoms with Crippen LogP contribution < -0.4 is 0 Å². The predicted molar refractivity (Wildman–Crippen MR) is 65.3 cm³/mol. The smallest absolute Gasteiger partial charge is 0.339 e. The summed E-state index contributed by atoms with van der Waals surface area (Å²) in [5.41, 5.74) is 0.654. The number of hydrogen-bond donors (Lipinski definition) is 1. The van der Waals surface area contributed by atoms with E-state index >= 15 is 0 Å². The summed E-state index contributed by atoms with van der Waals surface area (Å²) in [5.74, 6) is -1.68. The second-order valence-corrected chi connectivity index (χ2v) is 4.30. The molecule has 4 nitrogen and oxygen atoms in total. The van der Waals surface area contributed by atoms with Gasteiger partial charge in [0.25, 0.3) is 0 Å². The van der Waals surface area contributed by atoms with Gasteiger partial charge in [-0.25, -0.2) is 9.18 Å². The number of aryl methyl sites for hydroxylation is 2. The minimum absolute atomic E-state index is 0.0151. The first kappa shape index (κ1) is 12.6. The van der Waals surface area contributed by atoms with Crippen LogP contribution in [0.4, 0.5) is 4.39 Å². The average Bonchev–Trinajstić information content (AvgIpc) is 2.57. The van der Waals surface area contributed by atoms with E-state index in [1.165, 1.54) is 22.9 Å². The predicted octanol–water partition coefficient (Wildman–Crippen LogP) is 2.89. The van der Waals surface area contributed by atoms with Crippen molar-refractivity contribution in [3.63, 3.8) is 0 Å². The van der Waals surface area contributed by atoms with Gasteiger partial charge in [0.1, 0.15) is 11.4 Å². The molecule has 0 radical (unpaired) electrons. The van der Waals surface area contributed by atoms with Crippen LogP contribution in [-0.4, -0.2) is 20.9 Å². The summed E-state index contributed by atoms with van der Waals surface area (Å²) < 4.78 is 15.1. The number of halogens is 2. The Kier molecular flexibility index (Phi) is 3.09. The van der Waals surface area contributed by atoms with E-state index in [1.807, 2.05) is 0 Å². The van der Waals surface area contributed by atoms with Gasteiger partial charge < -0.3 is 5.11 Å². The van der Waals surface area contributed by atoms with E-state index in [1.54, 1.807) is 14.0 Å². The summed E-state index contributed by atoms with van der Waals surface area (Å²) in [4.78, 5) is 11.2. The van der Waals surface area contributed by atoms with Crippen LogP contribution in [0.3, 0.4) is 0 Å². The highest BCUT2D eigenvalue weighted by Gasteiger charge is 2.23. The molecule has 6 heteroatoms. The van der Waals surface area contributed by atoms with Gasteiger partial charge in [-0.1, -0.05) is 11.6 Å².